The lowest BCUT2D eigenvalue weighted by atomic mass is 10.2. The summed E-state index contributed by atoms with van der Waals surface area (Å²) in [6.07, 6.45) is 1.03. The van der Waals surface area contributed by atoms with Crippen molar-refractivity contribution in [2.75, 3.05) is 18.6 Å². The summed E-state index contributed by atoms with van der Waals surface area (Å²) < 4.78 is 5.15. The summed E-state index contributed by atoms with van der Waals surface area (Å²) in [5, 5.41) is 0. The van der Waals surface area contributed by atoms with E-state index in [1.807, 2.05) is 36.0 Å². The van der Waals surface area contributed by atoms with Crippen LogP contribution in [-0.4, -0.2) is 12.9 Å². The number of ether oxygens (including phenoxy) is 1. The van der Waals surface area contributed by atoms with Crippen molar-refractivity contribution < 1.29 is 4.74 Å². The van der Waals surface area contributed by atoms with E-state index in [4.69, 9.17) is 10.5 Å². The van der Waals surface area contributed by atoms with Crippen molar-refractivity contribution in [1.82, 2.24) is 0 Å². The molecule has 19 heavy (non-hydrogen) atoms. The van der Waals surface area contributed by atoms with E-state index in [2.05, 4.69) is 25.1 Å². The van der Waals surface area contributed by atoms with Crippen molar-refractivity contribution in [2.24, 2.45) is 0 Å². The van der Waals surface area contributed by atoms with Gasteiger partial charge in [0, 0.05) is 16.3 Å². The van der Waals surface area contributed by atoms with Gasteiger partial charge in [0.25, 0.3) is 0 Å². The predicted octanol–water partition coefficient (Wildman–Crippen LogP) is 3.92. The zero-order valence-corrected chi connectivity index (χ0v) is 12.2. The maximum absolute atomic E-state index is 5.97. The van der Waals surface area contributed by atoms with Gasteiger partial charge in [0.05, 0.1) is 7.11 Å². The summed E-state index contributed by atoms with van der Waals surface area (Å²) in [6.45, 7) is 2.09. The highest BCUT2D eigenvalue weighted by Crippen LogP contribution is 2.26. The number of nitrogens with two attached hydrogens (primary N) is 1. The van der Waals surface area contributed by atoms with Crippen LogP contribution in [0.25, 0.3) is 0 Å². The highest BCUT2D eigenvalue weighted by atomic mass is 32.2. The number of aryl methyl sites for hydroxylation is 2. The number of hydrogen-bond acceptors (Lipinski definition) is 3. The Morgan fingerprint density at radius 2 is 1.84 bits per heavy atom. The Balaban J connectivity index is 1.90. The molecule has 0 aliphatic heterocycles. The van der Waals surface area contributed by atoms with E-state index in [1.54, 1.807) is 7.11 Å². The van der Waals surface area contributed by atoms with Gasteiger partial charge >= 0.3 is 0 Å². The first-order chi connectivity index (χ1) is 9.19. The van der Waals surface area contributed by atoms with Crippen LogP contribution in [0.3, 0.4) is 0 Å². The standard InChI is InChI=1S/C16H19NOS/c1-12-3-8-15(17)16(11-12)19-10-9-13-4-6-14(18-2)7-5-13/h3-8,11H,9-10,17H2,1-2H3. The third-order valence-electron chi connectivity index (χ3n) is 2.98. The van der Waals surface area contributed by atoms with Crippen LogP contribution in [0.15, 0.2) is 47.4 Å². The number of rotatable bonds is 5. The topological polar surface area (TPSA) is 35.2 Å². The van der Waals surface area contributed by atoms with Gasteiger partial charge in [0.2, 0.25) is 0 Å². The number of anilines is 1. The van der Waals surface area contributed by atoms with E-state index in [9.17, 15) is 0 Å². The third-order valence-corrected chi connectivity index (χ3v) is 4.05. The van der Waals surface area contributed by atoms with E-state index in [0.29, 0.717) is 0 Å². The molecule has 0 spiro atoms. The summed E-state index contributed by atoms with van der Waals surface area (Å²) in [5.41, 5.74) is 9.41. The fourth-order valence-electron chi connectivity index (χ4n) is 1.84. The lowest BCUT2D eigenvalue weighted by Gasteiger charge is -2.07. The minimum atomic E-state index is 0.866. The second-order valence-corrected chi connectivity index (χ2v) is 5.62. The molecular weight excluding hydrogens is 254 g/mol. The number of thioether (sulfide) groups is 1. The molecule has 0 heterocycles. The smallest absolute Gasteiger partial charge is 0.118 e. The molecule has 0 unspecified atom stereocenters. The molecule has 0 saturated heterocycles. The van der Waals surface area contributed by atoms with Gasteiger partial charge in [-0.15, -0.1) is 11.8 Å². The lowest BCUT2D eigenvalue weighted by Crippen LogP contribution is -1.93. The Morgan fingerprint density at radius 1 is 1.11 bits per heavy atom. The van der Waals surface area contributed by atoms with E-state index in [-0.39, 0.29) is 0 Å². The van der Waals surface area contributed by atoms with Crippen molar-refractivity contribution in [3.05, 3.63) is 53.6 Å². The lowest BCUT2D eigenvalue weighted by molar-refractivity contribution is 0.414. The number of benzene rings is 2. The van der Waals surface area contributed by atoms with Crippen molar-refractivity contribution >= 4 is 17.4 Å². The Bertz CT molecular complexity index is 537. The van der Waals surface area contributed by atoms with Crippen molar-refractivity contribution in [3.8, 4) is 5.75 Å². The van der Waals surface area contributed by atoms with E-state index in [0.717, 1.165) is 23.6 Å². The minimum Gasteiger partial charge on any atom is -0.497 e. The molecule has 100 valence electrons. The molecule has 0 atom stereocenters. The van der Waals surface area contributed by atoms with Crippen LogP contribution in [0.4, 0.5) is 5.69 Å². The molecular formula is C16H19NOS. The van der Waals surface area contributed by atoms with Crippen LogP contribution in [0.5, 0.6) is 5.75 Å². The molecule has 0 aliphatic rings. The zero-order valence-electron chi connectivity index (χ0n) is 11.3. The minimum absolute atomic E-state index is 0.866. The molecule has 2 rings (SSSR count). The van der Waals surface area contributed by atoms with Gasteiger partial charge in [-0.25, -0.2) is 0 Å². The van der Waals surface area contributed by atoms with Crippen molar-refractivity contribution in [1.29, 1.82) is 0 Å². The van der Waals surface area contributed by atoms with Gasteiger partial charge < -0.3 is 10.5 Å². The SMILES string of the molecule is COc1ccc(CCSc2cc(C)ccc2N)cc1. The fraction of sp³-hybridized carbons (Fsp3) is 0.250. The highest BCUT2D eigenvalue weighted by Gasteiger charge is 2.01. The summed E-state index contributed by atoms with van der Waals surface area (Å²) in [4.78, 5) is 1.17. The summed E-state index contributed by atoms with van der Waals surface area (Å²) >= 11 is 1.81. The van der Waals surface area contributed by atoms with Crippen LogP contribution in [0.2, 0.25) is 0 Å². The highest BCUT2D eigenvalue weighted by molar-refractivity contribution is 7.99. The Kier molecular flexibility index (Phi) is 4.74. The Hall–Kier alpha value is -1.61. The Morgan fingerprint density at radius 3 is 2.53 bits per heavy atom. The second kappa shape index (κ2) is 6.53. The average molecular weight is 273 g/mol. The van der Waals surface area contributed by atoms with Crippen LogP contribution < -0.4 is 10.5 Å². The van der Waals surface area contributed by atoms with Gasteiger partial charge in [-0.05, 0) is 48.7 Å². The van der Waals surface area contributed by atoms with Crippen LogP contribution in [-0.2, 0) is 6.42 Å². The molecule has 3 heteroatoms. The molecule has 0 fully saturated rings. The Labute approximate surface area is 119 Å². The first-order valence-corrected chi connectivity index (χ1v) is 7.29. The largest absolute Gasteiger partial charge is 0.497 e. The molecule has 2 nitrogen and oxygen atoms in total. The second-order valence-electron chi connectivity index (χ2n) is 4.49. The van der Waals surface area contributed by atoms with E-state index >= 15 is 0 Å². The van der Waals surface area contributed by atoms with Crippen molar-refractivity contribution in [2.45, 2.75) is 18.2 Å². The fourth-order valence-corrected chi connectivity index (χ4v) is 2.90. The first-order valence-electron chi connectivity index (χ1n) is 6.31. The summed E-state index contributed by atoms with van der Waals surface area (Å²) in [5.74, 6) is 1.93. The summed E-state index contributed by atoms with van der Waals surface area (Å²) in [7, 11) is 1.69. The van der Waals surface area contributed by atoms with Gasteiger partial charge in [0.15, 0.2) is 0 Å². The number of hydrogen-bond donors (Lipinski definition) is 1. The number of nitrogen functional groups attached to an aromatic ring is 1. The quantitative estimate of drug-likeness (QED) is 0.662. The molecule has 0 bridgehead atoms. The van der Waals surface area contributed by atoms with Crippen LogP contribution in [0, 0.1) is 6.92 Å². The van der Waals surface area contributed by atoms with Crippen molar-refractivity contribution in [3.63, 3.8) is 0 Å². The van der Waals surface area contributed by atoms with Gasteiger partial charge in [-0.2, -0.15) is 0 Å². The average Bonchev–Trinajstić information content (AvgIpc) is 2.43. The molecule has 0 aliphatic carbocycles. The molecule has 0 amide bonds. The van der Waals surface area contributed by atoms with Crippen LogP contribution in [0.1, 0.15) is 11.1 Å². The molecule has 0 radical (unpaired) electrons. The summed E-state index contributed by atoms with van der Waals surface area (Å²) in [6, 6.07) is 14.4. The van der Waals surface area contributed by atoms with Crippen LogP contribution >= 0.6 is 11.8 Å². The molecule has 2 aromatic carbocycles. The predicted molar refractivity (Wildman–Crippen MR) is 83.0 cm³/mol. The molecule has 2 aromatic rings. The third kappa shape index (κ3) is 3.93. The molecule has 0 aromatic heterocycles. The maximum Gasteiger partial charge on any atom is 0.118 e. The molecule has 2 N–H and O–H groups in total. The molecule has 0 saturated carbocycles. The maximum atomic E-state index is 5.97. The van der Waals surface area contributed by atoms with E-state index < -0.39 is 0 Å². The van der Waals surface area contributed by atoms with Gasteiger partial charge in [0.1, 0.15) is 5.75 Å². The monoisotopic (exact) mass is 273 g/mol. The van der Waals surface area contributed by atoms with Gasteiger partial charge in [-0.3, -0.25) is 0 Å². The van der Waals surface area contributed by atoms with E-state index in [1.165, 1.54) is 16.0 Å². The normalized spacial score (nSPS) is 10.4. The first kappa shape index (κ1) is 13.8. The number of methoxy groups -OCH3 is 1. The zero-order chi connectivity index (χ0) is 13.7. The van der Waals surface area contributed by atoms with Gasteiger partial charge in [-0.1, -0.05) is 18.2 Å².